The summed E-state index contributed by atoms with van der Waals surface area (Å²) in [5, 5.41) is 0.495. The van der Waals surface area contributed by atoms with Crippen LogP contribution in [0.3, 0.4) is 0 Å². The molecule has 1 aliphatic carbocycles. The summed E-state index contributed by atoms with van der Waals surface area (Å²) in [7, 11) is 1.57. The largest absolute Gasteiger partial charge is 0.383 e. The Morgan fingerprint density at radius 2 is 2.13 bits per heavy atom. The average Bonchev–Trinajstić information content (AvgIpc) is 3.23. The van der Waals surface area contributed by atoms with Crippen molar-refractivity contribution in [1.82, 2.24) is 9.13 Å². The zero-order valence-electron chi connectivity index (χ0n) is 13.5. The molecule has 0 aliphatic heterocycles. The number of aldehydes is 1. The maximum atomic E-state index is 12.9. The number of aryl methyl sites for hydroxylation is 1. The second-order valence-corrected chi connectivity index (χ2v) is 6.99. The Hall–Kier alpha value is -1.73. The number of nitrogens with zero attached hydrogens (tertiary/aromatic N) is 2. The maximum absolute atomic E-state index is 12.9. The van der Waals surface area contributed by atoms with Gasteiger partial charge in [-0.25, -0.2) is 4.79 Å². The van der Waals surface area contributed by atoms with Gasteiger partial charge in [0.2, 0.25) is 0 Å². The van der Waals surface area contributed by atoms with E-state index in [4.69, 9.17) is 4.74 Å². The van der Waals surface area contributed by atoms with Crippen LogP contribution in [-0.2, 0) is 11.3 Å². The van der Waals surface area contributed by atoms with Crippen LogP contribution in [0.5, 0.6) is 0 Å². The highest BCUT2D eigenvalue weighted by molar-refractivity contribution is 7.20. The molecule has 0 bridgehead atoms. The molecule has 0 N–H and O–H groups in total. The molecule has 2 aromatic heterocycles. The fraction of sp³-hybridized carbons (Fsp3) is 0.562. The van der Waals surface area contributed by atoms with E-state index in [1.807, 2.05) is 0 Å². The topological polar surface area (TPSA) is 70.3 Å². The van der Waals surface area contributed by atoms with Crippen LogP contribution in [0.15, 0.2) is 9.59 Å². The molecular formula is C16H20N2O4S. The molecule has 1 fully saturated rings. The number of hydrogen-bond donors (Lipinski definition) is 0. The molecule has 23 heavy (non-hydrogen) atoms. The van der Waals surface area contributed by atoms with Crippen molar-refractivity contribution in [2.45, 2.75) is 39.3 Å². The van der Waals surface area contributed by atoms with Gasteiger partial charge >= 0.3 is 5.69 Å². The molecular weight excluding hydrogens is 316 g/mol. The molecule has 2 unspecified atom stereocenters. The Bertz CT molecular complexity index is 877. The number of carbonyl (C=O) groups excluding carboxylic acids is 1. The number of ether oxygens (including phenoxy) is 1. The zero-order chi connectivity index (χ0) is 16.7. The van der Waals surface area contributed by atoms with Gasteiger partial charge in [0, 0.05) is 13.2 Å². The van der Waals surface area contributed by atoms with Crippen molar-refractivity contribution in [3.05, 3.63) is 31.3 Å². The summed E-state index contributed by atoms with van der Waals surface area (Å²) in [6, 6.07) is -0.0165. The van der Waals surface area contributed by atoms with E-state index < -0.39 is 0 Å². The first-order chi connectivity index (χ1) is 11.0. The van der Waals surface area contributed by atoms with Crippen LogP contribution in [0.1, 0.15) is 41.0 Å². The Balaban J connectivity index is 2.32. The molecule has 0 aromatic carbocycles. The third-order valence-corrected chi connectivity index (χ3v) is 5.89. The number of methoxy groups -OCH3 is 1. The Kier molecular flexibility index (Phi) is 4.25. The van der Waals surface area contributed by atoms with Crippen LogP contribution in [0.2, 0.25) is 0 Å². The quantitative estimate of drug-likeness (QED) is 0.756. The molecule has 2 heterocycles. The first-order valence-corrected chi connectivity index (χ1v) is 8.59. The second kappa shape index (κ2) is 6.05. The van der Waals surface area contributed by atoms with E-state index in [1.54, 1.807) is 18.6 Å². The lowest BCUT2D eigenvalue weighted by molar-refractivity contribution is 0.112. The van der Waals surface area contributed by atoms with Crippen molar-refractivity contribution in [1.29, 1.82) is 0 Å². The molecule has 0 radical (unpaired) electrons. The summed E-state index contributed by atoms with van der Waals surface area (Å²) in [6.07, 6.45) is 2.57. The number of aromatic nitrogens is 2. The number of rotatable bonds is 6. The van der Waals surface area contributed by atoms with Crippen molar-refractivity contribution in [3.8, 4) is 0 Å². The zero-order valence-corrected chi connectivity index (χ0v) is 14.3. The van der Waals surface area contributed by atoms with Crippen LogP contribution >= 0.6 is 11.3 Å². The molecule has 7 heteroatoms. The minimum absolute atomic E-state index is 0.0165. The van der Waals surface area contributed by atoms with E-state index in [0.29, 0.717) is 39.7 Å². The lowest BCUT2D eigenvalue weighted by Gasteiger charge is -2.11. The fourth-order valence-electron chi connectivity index (χ4n) is 3.15. The van der Waals surface area contributed by atoms with Gasteiger partial charge in [-0.3, -0.25) is 18.7 Å². The molecule has 0 saturated heterocycles. The van der Waals surface area contributed by atoms with Crippen LogP contribution in [-0.4, -0.2) is 29.1 Å². The third kappa shape index (κ3) is 2.48. The summed E-state index contributed by atoms with van der Waals surface area (Å²) >= 11 is 1.20. The Morgan fingerprint density at radius 3 is 2.70 bits per heavy atom. The monoisotopic (exact) mass is 336 g/mol. The SMILES string of the molecule is CCC1CC1n1c(=O)c2c(C)c(C=O)sc2n(CCOC)c1=O. The first kappa shape index (κ1) is 16.1. The molecule has 2 aromatic rings. The number of hydrogen-bond acceptors (Lipinski definition) is 5. The number of carbonyl (C=O) groups is 1. The van der Waals surface area contributed by atoms with Gasteiger partial charge in [-0.1, -0.05) is 13.3 Å². The van der Waals surface area contributed by atoms with E-state index in [1.165, 1.54) is 15.9 Å². The summed E-state index contributed by atoms with van der Waals surface area (Å²) in [5.41, 5.74) is 0.110. The van der Waals surface area contributed by atoms with E-state index in [9.17, 15) is 14.4 Å². The minimum atomic E-state index is -0.292. The lowest BCUT2D eigenvalue weighted by Crippen LogP contribution is -2.40. The van der Waals surface area contributed by atoms with Crippen molar-refractivity contribution in [2.24, 2.45) is 5.92 Å². The van der Waals surface area contributed by atoms with Crippen molar-refractivity contribution < 1.29 is 9.53 Å². The Morgan fingerprint density at radius 1 is 1.39 bits per heavy atom. The number of fused-ring (bicyclic) bond motifs is 1. The highest BCUT2D eigenvalue weighted by atomic mass is 32.1. The molecule has 3 rings (SSSR count). The predicted molar refractivity (Wildman–Crippen MR) is 89.8 cm³/mol. The fourth-order valence-corrected chi connectivity index (χ4v) is 4.29. The van der Waals surface area contributed by atoms with E-state index in [-0.39, 0.29) is 17.3 Å². The van der Waals surface area contributed by atoms with Crippen LogP contribution in [0, 0.1) is 12.8 Å². The van der Waals surface area contributed by atoms with Gasteiger partial charge in [-0.05, 0) is 24.8 Å². The van der Waals surface area contributed by atoms with Gasteiger partial charge in [0.1, 0.15) is 4.83 Å². The third-order valence-electron chi connectivity index (χ3n) is 4.65. The van der Waals surface area contributed by atoms with E-state index in [0.717, 1.165) is 19.1 Å². The summed E-state index contributed by atoms with van der Waals surface area (Å²) in [6.45, 7) is 4.58. The highest BCUT2D eigenvalue weighted by Gasteiger charge is 2.40. The summed E-state index contributed by atoms with van der Waals surface area (Å²) in [5.74, 6) is 0.387. The lowest BCUT2D eigenvalue weighted by atomic mass is 10.2. The van der Waals surface area contributed by atoms with Crippen molar-refractivity contribution >= 4 is 27.8 Å². The molecule has 1 saturated carbocycles. The Labute approximate surface area is 137 Å². The molecule has 0 amide bonds. The van der Waals surface area contributed by atoms with Gasteiger partial charge in [-0.15, -0.1) is 11.3 Å². The standard InChI is InChI=1S/C16H20N2O4S/c1-4-10-7-11(10)18-14(20)13-9(2)12(8-19)23-15(13)17(16(18)21)5-6-22-3/h8,10-11H,4-7H2,1-3H3. The van der Waals surface area contributed by atoms with Crippen LogP contribution in [0.4, 0.5) is 0 Å². The second-order valence-electron chi connectivity index (χ2n) is 5.96. The van der Waals surface area contributed by atoms with Crippen molar-refractivity contribution in [3.63, 3.8) is 0 Å². The summed E-state index contributed by atoms with van der Waals surface area (Å²) < 4.78 is 8.06. The smallest absolute Gasteiger partial charge is 0.332 e. The van der Waals surface area contributed by atoms with Gasteiger partial charge in [0.25, 0.3) is 5.56 Å². The van der Waals surface area contributed by atoms with Gasteiger partial charge in [0.15, 0.2) is 6.29 Å². The van der Waals surface area contributed by atoms with Gasteiger partial charge < -0.3 is 4.74 Å². The first-order valence-electron chi connectivity index (χ1n) is 7.77. The predicted octanol–water partition coefficient (Wildman–Crippen LogP) is 1.96. The van der Waals surface area contributed by atoms with Gasteiger partial charge in [-0.2, -0.15) is 0 Å². The average molecular weight is 336 g/mol. The molecule has 6 nitrogen and oxygen atoms in total. The molecule has 0 spiro atoms. The molecule has 1 aliphatic rings. The highest BCUT2D eigenvalue weighted by Crippen LogP contribution is 2.44. The minimum Gasteiger partial charge on any atom is -0.383 e. The van der Waals surface area contributed by atoms with Crippen molar-refractivity contribution in [2.75, 3.05) is 13.7 Å². The normalized spacial score (nSPS) is 20.1. The van der Waals surface area contributed by atoms with E-state index in [2.05, 4.69) is 6.92 Å². The van der Waals surface area contributed by atoms with Gasteiger partial charge in [0.05, 0.1) is 23.4 Å². The summed E-state index contributed by atoms with van der Waals surface area (Å²) in [4.78, 5) is 38.0. The number of thiophene rings is 1. The maximum Gasteiger partial charge on any atom is 0.332 e. The molecule has 2 atom stereocenters. The van der Waals surface area contributed by atoms with Crippen LogP contribution < -0.4 is 11.2 Å². The molecule has 124 valence electrons. The van der Waals surface area contributed by atoms with E-state index >= 15 is 0 Å². The van der Waals surface area contributed by atoms with Crippen LogP contribution in [0.25, 0.3) is 10.2 Å².